The molecule has 0 saturated heterocycles. The fourth-order valence-electron chi connectivity index (χ4n) is 9.98. The summed E-state index contributed by atoms with van der Waals surface area (Å²) in [6.45, 7) is 2.33. The highest BCUT2D eigenvalue weighted by molar-refractivity contribution is 5.70. The number of rotatable bonds is 22. The number of benzene rings is 4. The molecule has 0 aromatic heterocycles. The number of fused-ring (bicyclic) bond motifs is 2. The molecule has 4 atom stereocenters. The Morgan fingerprint density at radius 2 is 0.771 bits per heavy atom. The minimum atomic E-state index is -0.368. The van der Waals surface area contributed by atoms with Gasteiger partial charge in [-0.25, -0.2) is 0 Å². The van der Waals surface area contributed by atoms with Crippen molar-refractivity contribution in [1.29, 1.82) is 0 Å². The third kappa shape index (κ3) is 11.7. The third-order valence-corrected chi connectivity index (χ3v) is 14.0. The van der Waals surface area contributed by atoms with Crippen LogP contribution in [-0.2, 0) is 44.7 Å². The van der Waals surface area contributed by atoms with Crippen molar-refractivity contribution in [3.63, 3.8) is 0 Å². The molecule has 4 aromatic rings. The van der Waals surface area contributed by atoms with E-state index in [2.05, 4.69) is 25.9 Å². The van der Waals surface area contributed by atoms with Crippen LogP contribution in [0.5, 0.6) is 57.5 Å². The zero-order valence-electron chi connectivity index (χ0n) is 42.9. The summed E-state index contributed by atoms with van der Waals surface area (Å²) in [6, 6.07) is 15.9. The number of nitrogens with zero attached hydrogens (tertiary/aromatic N) is 2. The second-order valence-corrected chi connectivity index (χ2v) is 17.8. The van der Waals surface area contributed by atoms with Crippen molar-refractivity contribution in [2.75, 3.05) is 125 Å². The molecule has 0 bridgehead atoms. The maximum absolute atomic E-state index is 13.2. The summed E-state index contributed by atoms with van der Waals surface area (Å²) in [7, 11) is 20.4. The molecule has 2 unspecified atom stereocenters. The molecule has 0 fully saturated rings. The molecule has 378 valence electrons. The van der Waals surface area contributed by atoms with Crippen LogP contribution < -0.4 is 47.4 Å². The van der Waals surface area contributed by atoms with E-state index in [0.717, 1.165) is 59.3 Å². The molecular weight excluding hydrogens is 901 g/mol. The van der Waals surface area contributed by atoms with Gasteiger partial charge in [0.2, 0.25) is 11.5 Å². The summed E-state index contributed by atoms with van der Waals surface area (Å²) in [5, 5.41) is 0. The van der Waals surface area contributed by atoms with Crippen molar-refractivity contribution < 1.29 is 75.4 Å². The molecule has 0 radical (unpaired) electrons. The summed E-state index contributed by atoms with van der Waals surface area (Å²) < 4.78 is 69.0. The van der Waals surface area contributed by atoms with Crippen LogP contribution in [0.4, 0.5) is 0 Å². The van der Waals surface area contributed by atoms with Crippen LogP contribution >= 0.6 is 0 Å². The van der Waals surface area contributed by atoms with Crippen molar-refractivity contribution in [2.45, 2.75) is 50.6 Å². The second kappa shape index (κ2) is 23.7. The average Bonchev–Trinajstić information content (AvgIpc) is 3.38. The highest BCUT2D eigenvalue weighted by Gasteiger charge is 2.42. The number of likely N-dealkylation sites (N-methyl/N-ethyl adjacent to an activating group) is 2. The summed E-state index contributed by atoms with van der Waals surface area (Å²) >= 11 is 0. The SMILES string of the molecule is COc1cc2c(cc1OC)[C@@H](Cc1cc(OC)c(OC)c(OC)c1)[N+](C)(CCC(=O)OCC#CCOC(=O)CC[N+]1(C)CCc3cc(OC)c(OC)cc3[C@H]1Cc1cc(OC)c(OC)c(OC)c1)CC2. The lowest BCUT2D eigenvalue weighted by atomic mass is 9.86. The first-order chi connectivity index (χ1) is 33.7. The Morgan fingerprint density at radius 1 is 0.457 bits per heavy atom. The van der Waals surface area contributed by atoms with E-state index in [1.807, 2.05) is 48.5 Å². The largest absolute Gasteiger partial charge is 0.493 e. The highest BCUT2D eigenvalue weighted by Crippen LogP contribution is 2.47. The van der Waals surface area contributed by atoms with Crippen LogP contribution in [0.1, 0.15) is 58.3 Å². The molecule has 2 heterocycles. The monoisotopic (exact) mass is 970 g/mol. The van der Waals surface area contributed by atoms with E-state index < -0.39 is 0 Å². The van der Waals surface area contributed by atoms with Crippen molar-refractivity contribution in [3.05, 3.63) is 81.9 Å². The second-order valence-electron chi connectivity index (χ2n) is 17.8. The molecule has 2 aliphatic heterocycles. The number of methoxy groups -OCH3 is 10. The predicted molar refractivity (Wildman–Crippen MR) is 262 cm³/mol. The summed E-state index contributed by atoms with van der Waals surface area (Å²) in [6.07, 6.45) is 3.13. The van der Waals surface area contributed by atoms with Crippen LogP contribution in [0.15, 0.2) is 48.5 Å². The summed E-state index contributed by atoms with van der Waals surface area (Å²) in [5.41, 5.74) is 6.52. The molecule has 16 nitrogen and oxygen atoms in total. The fourth-order valence-corrected chi connectivity index (χ4v) is 9.98. The predicted octanol–water partition coefficient (Wildman–Crippen LogP) is 6.92. The van der Waals surface area contributed by atoms with Gasteiger partial charge in [-0.3, -0.25) is 9.59 Å². The average molecular weight is 971 g/mol. The number of carbonyl (C=O) groups is 2. The Hall–Kier alpha value is -6.70. The Kier molecular flexibility index (Phi) is 17.9. The van der Waals surface area contributed by atoms with Crippen LogP contribution in [0.25, 0.3) is 0 Å². The number of esters is 2. The zero-order chi connectivity index (χ0) is 50.6. The van der Waals surface area contributed by atoms with Gasteiger partial charge >= 0.3 is 11.9 Å². The van der Waals surface area contributed by atoms with E-state index in [1.165, 1.54) is 0 Å². The number of quaternary nitrogens is 2. The van der Waals surface area contributed by atoms with E-state index in [1.54, 1.807) is 71.1 Å². The summed E-state index contributed by atoms with van der Waals surface area (Å²) in [4.78, 5) is 26.5. The lowest BCUT2D eigenvalue weighted by molar-refractivity contribution is -0.940. The lowest BCUT2D eigenvalue weighted by Crippen LogP contribution is -2.53. The molecule has 0 spiro atoms. The van der Waals surface area contributed by atoms with Gasteiger partial charge in [0, 0.05) is 36.8 Å². The topological polar surface area (TPSA) is 145 Å². The lowest BCUT2D eigenvalue weighted by Gasteiger charge is -2.46. The van der Waals surface area contributed by atoms with Gasteiger partial charge in [0.25, 0.3) is 0 Å². The maximum atomic E-state index is 13.2. The van der Waals surface area contributed by atoms with Crippen LogP contribution in [0.3, 0.4) is 0 Å². The summed E-state index contributed by atoms with van der Waals surface area (Å²) in [5.74, 6) is 10.9. The van der Waals surface area contributed by atoms with Crippen LogP contribution in [0, 0.1) is 11.8 Å². The molecule has 70 heavy (non-hydrogen) atoms. The Balaban J connectivity index is 1.07. The molecule has 0 amide bonds. The minimum Gasteiger partial charge on any atom is -0.493 e. The first-order valence-electron chi connectivity index (χ1n) is 23.3. The first kappa shape index (κ1) is 52.7. The molecule has 4 aromatic carbocycles. The Bertz CT molecular complexity index is 2330. The van der Waals surface area contributed by atoms with Gasteiger partial charge in [-0.05, 0) is 70.8 Å². The van der Waals surface area contributed by atoms with E-state index in [9.17, 15) is 9.59 Å². The minimum absolute atomic E-state index is 0.0656. The van der Waals surface area contributed by atoms with E-state index in [4.69, 9.17) is 56.8 Å². The number of carbonyl (C=O) groups excluding carboxylic acids is 2. The number of hydrogen-bond donors (Lipinski definition) is 0. The van der Waals surface area contributed by atoms with Gasteiger partial charge in [-0.1, -0.05) is 11.8 Å². The molecule has 0 N–H and O–H groups in total. The highest BCUT2D eigenvalue weighted by atomic mass is 16.6. The van der Waals surface area contributed by atoms with Crippen molar-refractivity contribution >= 4 is 11.9 Å². The first-order valence-corrected chi connectivity index (χ1v) is 23.3. The molecular formula is C54H70N2O14+2. The van der Waals surface area contributed by atoms with Gasteiger partial charge in [0.15, 0.2) is 59.2 Å². The Labute approximate surface area is 412 Å². The zero-order valence-corrected chi connectivity index (χ0v) is 42.9. The van der Waals surface area contributed by atoms with Crippen LogP contribution in [-0.4, -0.2) is 145 Å². The third-order valence-electron chi connectivity index (χ3n) is 14.0. The van der Waals surface area contributed by atoms with E-state index in [0.29, 0.717) is 92.4 Å². The van der Waals surface area contributed by atoms with Gasteiger partial charge < -0.3 is 65.8 Å². The Morgan fingerprint density at radius 3 is 1.07 bits per heavy atom. The normalized spacial score (nSPS) is 18.9. The molecule has 0 aliphatic carbocycles. The fraction of sp³-hybridized carbons (Fsp3) is 0.481. The van der Waals surface area contributed by atoms with Crippen molar-refractivity contribution in [2.24, 2.45) is 0 Å². The smallest absolute Gasteiger partial charge is 0.312 e. The standard InChI is InChI=1S/C54H70N2O14/c1-55(19-15-37-31-43(59-3)45(61-5)33-39(37)41(55)25-35-27-47(63-7)53(67-11)48(28-35)64-8)21-17-51(57)69-23-13-14-24-70-52(58)18-22-56(2)20-16-38-32-44(60-4)46(62-6)34-40(38)42(56)26-36-29-49(65-9)54(68-12)50(30-36)66-10/h27-34,41-42H,15-26H2,1-12H3/q+2/t41-,42-,55?,56?/m1/s1. The number of hydrogen-bond acceptors (Lipinski definition) is 14. The molecule has 16 heteroatoms. The van der Waals surface area contributed by atoms with Crippen LogP contribution in [0.2, 0.25) is 0 Å². The van der Waals surface area contributed by atoms with Gasteiger partial charge in [-0.15, -0.1) is 0 Å². The van der Waals surface area contributed by atoms with Gasteiger partial charge in [-0.2, -0.15) is 0 Å². The van der Waals surface area contributed by atoms with E-state index in [-0.39, 0.29) is 50.1 Å². The molecule has 2 aliphatic rings. The molecule has 0 saturated carbocycles. The number of ether oxygens (including phenoxy) is 12. The quantitative estimate of drug-likeness (QED) is 0.0457. The van der Waals surface area contributed by atoms with E-state index >= 15 is 0 Å². The van der Waals surface area contributed by atoms with Gasteiger partial charge in [0.1, 0.15) is 12.1 Å². The van der Waals surface area contributed by atoms with Crippen molar-refractivity contribution in [1.82, 2.24) is 0 Å². The maximum Gasteiger partial charge on any atom is 0.312 e. The molecule has 6 rings (SSSR count). The van der Waals surface area contributed by atoms with Gasteiger partial charge in [0.05, 0.1) is 124 Å². The van der Waals surface area contributed by atoms with Crippen molar-refractivity contribution in [3.8, 4) is 69.3 Å².